The SMILES string of the molecule is CC(C)C(/C=C/[C@@]1(O)C[C@H](O)CC(=O)O1)=C(c1ccc(F)cc1)c1ccc(F)cc1. The topological polar surface area (TPSA) is 66.8 Å². The van der Waals surface area contributed by atoms with Crippen LogP contribution in [0.1, 0.15) is 37.8 Å². The lowest BCUT2D eigenvalue weighted by Crippen LogP contribution is -2.42. The molecule has 2 N–H and O–H groups in total. The monoisotopic (exact) mass is 414 g/mol. The first kappa shape index (κ1) is 21.9. The van der Waals surface area contributed by atoms with Crippen LogP contribution in [0.2, 0.25) is 0 Å². The number of aliphatic hydroxyl groups excluding tert-OH is 1. The molecule has 2 aromatic carbocycles. The second-order valence-corrected chi connectivity index (χ2v) is 7.71. The predicted octanol–water partition coefficient (Wildman–Crippen LogP) is 4.37. The van der Waals surface area contributed by atoms with Crippen LogP contribution in [0.3, 0.4) is 0 Å². The standard InChI is InChI=1S/C24H24F2O4/c1-15(2)21(11-12-24(29)14-20(27)13-22(28)30-24)23(16-3-7-18(25)8-4-16)17-5-9-19(26)10-6-17/h3-12,15,20,27,29H,13-14H2,1-2H3/b12-11+/t20-,24+/m1/s1. The Hall–Kier alpha value is -2.83. The van der Waals surface area contributed by atoms with Crippen LogP contribution in [0.15, 0.2) is 66.3 Å². The number of esters is 1. The summed E-state index contributed by atoms with van der Waals surface area (Å²) in [6, 6.07) is 11.9. The number of allylic oxidation sites excluding steroid dienone is 2. The van der Waals surface area contributed by atoms with Crippen molar-refractivity contribution < 1.29 is 28.5 Å². The highest BCUT2D eigenvalue weighted by atomic mass is 19.1. The third-order valence-corrected chi connectivity index (χ3v) is 4.92. The van der Waals surface area contributed by atoms with Crippen LogP contribution in [0, 0.1) is 17.6 Å². The molecule has 0 spiro atoms. The molecule has 0 saturated carbocycles. The van der Waals surface area contributed by atoms with E-state index in [0.717, 1.165) is 11.1 Å². The van der Waals surface area contributed by atoms with Gasteiger partial charge in [0.1, 0.15) is 11.6 Å². The van der Waals surface area contributed by atoms with E-state index < -0.39 is 17.9 Å². The van der Waals surface area contributed by atoms with Gasteiger partial charge in [-0.05, 0) is 58.5 Å². The van der Waals surface area contributed by atoms with Crippen LogP contribution in [-0.2, 0) is 9.53 Å². The van der Waals surface area contributed by atoms with Gasteiger partial charge in [-0.3, -0.25) is 4.79 Å². The van der Waals surface area contributed by atoms with Gasteiger partial charge in [0.25, 0.3) is 0 Å². The van der Waals surface area contributed by atoms with Crippen molar-refractivity contribution in [3.05, 3.63) is 89.0 Å². The summed E-state index contributed by atoms with van der Waals surface area (Å²) < 4.78 is 32.0. The van der Waals surface area contributed by atoms with Gasteiger partial charge in [0, 0.05) is 6.42 Å². The smallest absolute Gasteiger partial charge is 0.311 e. The molecule has 1 aliphatic rings. The van der Waals surface area contributed by atoms with E-state index in [-0.39, 0.29) is 30.4 Å². The van der Waals surface area contributed by atoms with Crippen LogP contribution >= 0.6 is 0 Å². The third-order valence-electron chi connectivity index (χ3n) is 4.92. The molecule has 3 rings (SSSR count). The van der Waals surface area contributed by atoms with E-state index in [0.29, 0.717) is 11.1 Å². The van der Waals surface area contributed by atoms with Gasteiger partial charge < -0.3 is 14.9 Å². The van der Waals surface area contributed by atoms with Crippen LogP contribution in [0.4, 0.5) is 8.78 Å². The molecule has 2 atom stereocenters. The van der Waals surface area contributed by atoms with Crippen molar-refractivity contribution in [1.82, 2.24) is 0 Å². The molecule has 1 saturated heterocycles. The molecule has 0 aliphatic carbocycles. The highest BCUT2D eigenvalue weighted by Gasteiger charge is 2.37. The van der Waals surface area contributed by atoms with Gasteiger partial charge in [0.15, 0.2) is 0 Å². The fourth-order valence-electron chi connectivity index (χ4n) is 3.50. The minimum atomic E-state index is -1.93. The van der Waals surface area contributed by atoms with E-state index in [2.05, 4.69) is 0 Å². The van der Waals surface area contributed by atoms with Gasteiger partial charge in [-0.15, -0.1) is 0 Å². The number of benzene rings is 2. The molecule has 0 radical (unpaired) electrons. The Morgan fingerprint density at radius 3 is 2.00 bits per heavy atom. The Balaban J connectivity index is 2.13. The molecule has 158 valence electrons. The molecule has 1 heterocycles. The number of carbonyl (C=O) groups is 1. The number of rotatable bonds is 5. The van der Waals surface area contributed by atoms with Crippen molar-refractivity contribution in [1.29, 1.82) is 0 Å². The van der Waals surface area contributed by atoms with E-state index in [1.165, 1.54) is 30.3 Å². The minimum Gasteiger partial charge on any atom is -0.429 e. The zero-order valence-corrected chi connectivity index (χ0v) is 16.8. The van der Waals surface area contributed by atoms with Crippen molar-refractivity contribution in [2.24, 2.45) is 5.92 Å². The Morgan fingerprint density at radius 2 is 1.57 bits per heavy atom. The highest BCUT2D eigenvalue weighted by Crippen LogP contribution is 2.33. The average Bonchev–Trinajstić information content (AvgIpc) is 2.66. The maximum atomic E-state index is 13.5. The number of hydrogen-bond donors (Lipinski definition) is 2. The minimum absolute atomic E-state index is 0.0424. The van der Waals surface area contributed by atoms with E-state index in [4.69, 9.17) is 4.74 Å². The molecule has 0 aromatic heterocycles. The molecule has 1 fully saturated rings. The van der Waals surface area contributed by atoms with Crippen LogP contribution in [-0.4, -0.2) is 28.1 Å². The molecule has 0 amide bonds. The zero-order valence-electron chi connectivity index (χ0n) is 16.8. The van der Waals surface area contributed by atoms with E-state index >= 15 is 0 Å². The number of cyclic esters (lactones) is 1. The molecule has 1 aliphatic heterocycles. The van der Waals surface area contributed by atoms with Gasteiger partial charge in [0.05, 0.1) is 12.5 Å². The summed E-state index contributed by atoms with van der Waals surface area (Å²) in [5, 5.41) is 20.5. The van der Waals surface area contributed by atoms with Gasteiger partial charge in [-0.1, -0.05) is 44.2 Å². The van der Waals surface area contributed by atoms with Crippen molar-refractivity contribution in [3.63, 3.8) is 0 Å². The predicted molar refractivity (Wildman–Crippen MR) is 109 cm³/mol. The largest absolute Gasteiger partial charge is 0.429 e. The normalized spacial score (nSPS) is 21.7. The van der Waals surface area contributed by atoms with Gasteiger partial charge in [-0.2, -0.15) is 0 Å². The van der Waals surface area contributed by atoms with Crippen molar-refractivity contribution in [3.8, 4) is 0 Å². The van der Waals surface area contributed by atoms with E-state index in [1.54, 1.807) is 30.3 Å². The average molecular weight is 414 g/mol. The third kappa shape index (κ3) is 5.20. The van der Waals surface area contributed by atoms with Gasteiger partial charge >= 0.3 is 5.97 Å². The maximum absolute atomic E-state index is 13.5. The lowest BCUT2D eigenvalue weighted by Gasteiger charge is -2.31. The number of hydrogen-bond acceptors (Lipinski definition) is 4. The van der Waals surface area contributed by atoms with E-state index in [9.17, 15) is 23.8 Å². The maximum Gasteiger partial charge on any atom is 0.311 e. The van der Waals surface area contributed by atoms with Crippen LogP contribution in [0.25, 0.3) is 5.57 Å². The Kier molecular flexibility index (Phi) is 6.48. The first-order chi connectivity index (χ1) is 14.2. The summed E-state index contributed by atoms with van der Waals surface area (Å²) in [5.41, 5.74) is 2.92. The molecule has 0 bridgehead atoms. The Labute approximate surface area is 174 Å². The molecule has 2 aromatic rings. The van der Waals surface area contributed by atoms with E-state index in [1.807, 2.05) is 13.8 Å². The first-order valence-electron chi connectivity index (χ1n) is 9.74. The highest BCUT2D eigenvalue weighted by molar-refractivity contribution is 5.84. The molecular formula is C24H24F2O4. The fraction of sp³-hybridized carbons (Fsp3) is 0.292. The Morgan fingerprint density at radius 1 is 1.07 bits per heavy atom. The van der Waals surface area contributed by atoms with Gasteiger partial charge in [0.2, 0.25) is 5.79 Å². The number of halogens is 2. The second-order valence-electron chi connectivity index (χ2n) is 7.71. The molecule has 0 unspecified atom stereocenters. The Bertz CT molecular complexity index is 914. The van der Waals surface area contributed by atoms with Crippen molar-refractivity contribution in [2.75, 3.05) is 0 Å². The summed E-state index contributed by atoms with van der Waals surface area (Å²) in [6.07, 6.45) is 1.68. The molecule has 30 heavy (non-hydrogen) atoms. The molecule has 6 heteroatoms. The molecule has 4 nitrogen and oxygen atoms in total. The second kappa shape index (κ2) is 8.90. The molecular weight excluding hydrogens is 390 g/mol. The summed E-state index contributed by atoms with van der Waals surface area (Å²) in [4.78, 5) is 11.6. The first-order valence-corrected chi connectivity index (χ1v) is 9.74. The summed E-state index contributed by atoms with van der Waals surface area (Å²) in [5.74, 6) is -3.41. The fourth-order valence-corrected chi connectivity index (χ4v) is 3.50. The van der Waals surface area contributed by atoms with Crippen LogP contribution < -0.4 is 0 Å². The number of aliphatic hydroxyl groups is 2. The summed E-state index contributed by atoms with van der Waals surface area (Å²) in [7, 11) is 0. The van der Waals surface area contributed by atoms with Crippen molar-refractivity contribution >= 4 is 11.5 Å². The lowest BCUT2D eigenvalue weighted by molar-refractivity contribution is -0.214. The number of ether oxygens (including phenoxy) is 1. The zero-order chi connectivity index (χ0) is 21.9. The number of carbonyl (C=O) groups excluding carboxylic acids is 1. The van der Waals surface area contributed by atoms with Crippen molar-refractivity contribution in [2.45, 2.75) is 38.6 Å². The quantitative estimate of drug-likeness (QED) is 0.563. The van der Waals surface area contributed by atoms with Gasteiger partial charge in [-0.25, -0.2) is 8.78 Å². The summed E-state index contributed by atoms with van der Waals surface area (Å²) in [6.45, 7) is 3.89. The summed E-state index contributed by atoms with van der Waals surface area (Å²) >= 11 is 0. The lowest BCUT2D eigenvalue weighted by atomic mass is 9.87. The van der Waals surface area contributed by atoms with Crippen LogP contribution in [0.5, 0.6) is 0 Å².